The van der Waals surface area contributed by atoms with Crippen LogP contribution in [0.1, 0.15) is 41.3 Å². The molecular formula is C30H24F3N5O3. The second-order valence-corrected chi connectivity index (χ2v) is 9.82. The highest BCUT2D eigenvalue weighted by molar-refractivity contribution is 6.20. The zero-order chi connectivity index (χ0) is 28.7. The summed E-state index contributed by atoms with van der Waals surface area (Å²) < 4.78 is 51.0. The summed E-state index contributed by atoms with van der Waals surface area (Å²) in [7, 11) is 0. The molecule has 1 aromatic heterocycles. The zero-order valence-electron chi connectivity index (χ0n) is 21.8. The van der Waals surface area contributed by atoms with E-state index in [1.54, 1.807) is 36.4 Å². The number of ether oxygens (including phenoxy) is 1. The molecular weight excluding hydrogens is 535 g/mol. The highest BCUT2D eigenvalue weighted by Crippen LogP contribution is 2.35. The molecule has 208 valence electrons. The molecule has 0 unspecified atom stereocenters. The molecule has 0 radical (unpaired) electrons. The first-order chi connectivity index (χ1) is 19.8. The van der Waals surface area contributed by atoms with Gasteiger partial charge in [0.05, 0.1) is 17.5 Å². The van der Waals surface area contributed by atoms with E-state index >= 15 is 0 Å². The van der Waals surface area contributed by atoms with Gasteiger partial charge in [0, 0.05) is 29.3 Å². The summed E-state index contributed by atoms with van der Waals surface area (Å²) in [6.45, 7) is 2.24. The normalized spacial score (nSPS) is 18.1. The van der Waals surface area contributed by atoms with Crippen molar-refractivity contribution in [2.45, 2.75) is 38.6 Å². The van der Waals surface area contributed by atoms with E-state index in [2.05, 4.69) is 20.7 Å². The van der Waals surface area contributed by atoms with Gasteiger partial charge >= 0.3 is 0 Å². The molecule has 2 aliphatic rings. The van der Waals surface area contributed by atoms with E-state index in [0.29, 0.717) is 36.6 Å². The average molecular weight is 560 g/mol. The fraction of sp³-hybridized carbons (Fsp3) is 0.200. The van der Waals surface area contributed by atoms with Gasteiger partial charge in [0.2, 0.25) is 12.0 Å². The van der Waals surface area contributed by atoms with Crippen LogP contribution in [0.5, 0.6) is 5.88 Å². The number of hydrogen-bond donors (Lipinski definition) is 2. The summed E-state index contributed by atoms with van der Waals surface area (Å²) in [5.41, 5.74) is 0.852. The molecule has 11 heteroatoms. The Hall–Kier alpha value is -4.93. The number of benzodiazepines with no additional fused rings is 1. The average Bonchev–Trinajstić information content (AvgIpc) is 3.09. The maximum Gasteiger partial charge on any atom is 0.269 e. The third-order valence-corrected chi connectivity index (χ3v) is 6.95. The molecule has 3 aromatic carbocycles. The van der Waals surface area contributed by atoms with Crippen LogP contribution in [0, 0.1) is 17.5 Å². The van der Waals surface area contributed by atoms with Crippen LogP contribution in [0.4, 0.5) is 18.9 Å². The molecule has 2 amide bonds. The Balaban J connectivity index is 1.45. The van der Waals surface area contributed by atoms with Crippen molar-refractivity contribution < 1.29 is 27.5 Å². The highest BCUT2D eigenvalue weighted by Gasteiger charge is 2.34. The number of amides is 2. The minimum Gasteiger partial charge on any atom is -0.474 e. The molecule has 2 atom stereocenters. The molecule has 0 saturated carbocycles. The lowest BCUT2D eigenvalue weighted by molar-refractivity contribution is -0.117. The predicted octanol–water partition coefficient (Wildman–Crippen LogP) is 5.07. The van der Waals surface area contributed by atoms with E-state index in [4.69, 9.17) is 4.74 Å². The van der Waals surface area contributed by atoms with Crippen molar-refractivity contribution in [1.29, 1.82) is 0 Å². The van der Waals surface area contributed by atoms with Gasteiger partial charge in [0.25, 0.3) is 11.8 Å². The maximum atomic E-state index is 14.9. The lowest BCUT2D eigenvalue weighted by Gasteiger charge is -2.16. The highest BCUT2D eigenvalue weighted by atomic mass is 19.1. The SMILES string of the molecule is C[C@@H]1CCCn2nc(-c3ccc(F)cc3F)c(C(=O)N[C@H]3N=C(c4ccccc4)c4cccc(F)c4NC3=O)c2O1. The molecule has 0 fully saturated rings. The number of rotatable bonds is 4. The number of fused-ring (bicyclic) bond motifs is 2. The van der Waals surface area contributed by atoms with Crippen molar-refractivity contribution in [2.24, 2.45) is 4.99 Å². The van der Waals surface area contributed by atoms with Crippen molar-refractivity contribution >= 4 is 23.2 Å². The smallest absolute Gasteiger partial charge is 0.269 e. The Kier molecular flexibility index (Phi) is 6.78. The second kappa shape index (κ2) is 10.6. The molecule has 0 saturated heterocycles. The van der Waals surface area contributed by atoms with Crippen LogP contribution in [-0.4, -0.2) is 39.6 Å². The first kappa shape index (κ1) is 26.3. The number of aliphatic imine (C=N–C) groups is 1. The van der Waals surface area contributed by atoms with Crippen LogP contribution in [-0.2, 0) is 11.3 Å². The summed E-state index contributed by atoms with van der Waals surface area (Å²) in [6, 6.07) is 16.2. The van der Waals surface area contributed by atoms with Gasteiger partial charge in [0.1, 0.15) is 28.7 Å². The van der Waals surface area contributed by atoms with Crippen LogP contribution in [0.15, 0.2) is 71.7 Å². The van der Waals surface area contributed by atoms with Gasteiger partial charge in [-0.2, -0.15) is 5.10 Å². The van der Waals surface area contributed by atoms with E-state index < -0.39 is 35.4 Å². The van der Waals surface area contributed by atoms with Gasteiger partial charge in [-0.05, 0) is 38.0 Å². The van der Waals surface area contributed by atoms with Crippen LogP contribution in [0.3, 0.4) is 0 Å². The first-order valence-corrected chi connectivity index (χ1v) is 13.1. The first-order valence-electron chi connectivity index (χ1n) is 13.1. The molecule has 2 N–H and O–H groups in total. The van der Waals surface area contributed by atoms with E-state index in [1.165, 1.54) is 22.9 Å². The molecule has 3 heterocycles. The topological polar surface area (TPSA) is 97.6 Å². The van der Waals surface area contributed by atoms with E-state index in [1.807, 2.05) is 6.92 Å². The summed E-state index contributed by atoms with van der Waals surface area (Å²) in [6.07, 6.45) is -0.368. The van der Waals surface area contributed by atoms with Gasteiger partial charge < -0.3 is 15.4 Å². The van der Waals surface area contributed by atoms with E-state index in [-0.39, 0.29) is 40.2 Å². The number of para-hydroxylation sites is 1. The Morgan fingerprint density at radius 1 is 1.02 bits per heavy atom. The lowest BCUT2D eigenvalue weighted by Crippen LogP contribution is -2.42. The van der Waals surface area contributed by atoms with Crippen molar-refractivity contribution in [2.75, 3.05) is 5.32 Å². The number of aryl methyl sites for hydroxylation is 1. The molecule has 8 nitrogen and oxygen atoms in total. The number of carbonyl (C=O) groups is 2. The molecule has 41 heavy (non-hydrogen) atoms. The van der Waals surface area contributed by atoms with Crippen molar-refractivity contribution in [3.05, 3.63) is 101 Å². The number of nitrogens with one attached hydrogen (secondary N) is 2. The number of nitrogens with zero attached hydrogens (tertiary/aromatic N) is 3. The molecule has 4 aromatic rings. The van der Waals surface area contributed by atoms with Crippen LogP contribution < -0.4 is 15.4 Å². The predicted molar refractivity (Wildman–Crippen MR) is 145 cm³/mol. The summed E-state index contributed by atoms with van der Waals surface area (Å²) in [4.78, 5) is 31.8. The van der Waals surface area contributed by atoms with Gasteiger partial charge in [-0.3, -0.25) is 9.59 Å². The molecule has 0 bridgehead atoms. The summed E-state index contributed by atoms with van der Waals surface area (Å²) in [5, 5.41) is 9.58. The van der Waals surface area contributed by atoms with Crippen LogP contribution >= 0.6 is 0 Å². The number of benzene rings is 3. The molecule has 2 aliphatic heterocycles. The quantitative estimate of drug-likeness (QED) is 0.365. The number of hydrogen-bond acceptors (Lipinski definition) is 5. The number of carbonyl (C=O) groups excluding carboxylic acids is 2. The Morgan fingerprint density at radius 2 is 1.83 bits per heavy atom. The number of halogens is 3. The van der Waals surface area contributed by atoms with Gasteiger partial charge in [-0.1, -0.05) is 42.5 Å². The van der Waals surface area contributed by atoms with Crippen molar-refractivity contribution in [3.8, 4) is 17.1 Å². The lowest BCUT2D eigenvalue weighted by atomic mass is 10.0. The fourth-order valence-electron chi connectivity index (χ4n) is 4.99. The maximum absolute atomic E-state index is 14.9. The monoisotopic (exact) mass is 559 g/mol. The van der Waals surface area contributed by atoms with Crippen LogP contribution in [0.25, 0.3) is 11.3 Å². The largest absolute Gasteiger partial charge is 0.474 e. The van der Waals surface area contributed by atoms with Crippen LogP contribution in [0.2, 0.25) is 0 Å². The van der Waals surface area contributed by atoms with E-state index in [0.717, 1.165) is 6.07 Å². The summed E-state index contributed by atoms with van der Waals surface area (Å²) in [5.74, 6) is -3.86. The Labute approximate surface area is 232 Å². The Morgan fingerprint density at radius 3 is 2.61 bits per heavy atom. The zero-order valence-corrected chi connectivity index (χ0v) is 21.8. The van der Waals surface area contributed by atoms with Gasteiger partial charge in [-0.25, -0.2) is 22.8 Å². The molecule has 6 rings (SSSR count). The van der Waals surface area contributed by atoms with E-state index in [9.17, 15) is 22.8 Å². The third kappa shape index (κ3) is 4.94. The molecule has 0 spiro atoms. The minimum absolute atomic E-state index is 0.0671. The van der Waals surface area contributed by atoms with Gasteiger partial charge in [0.15, 0.2) is 0 Å². The standard InChI is InChI=1S/C30H24F3N5O3/c1-16-7-6-14-38-30(41-16)23(26(37-38)19-13-12-18(31)15-22(19)33)28(39)36-27-29(40)35-25-20(10-5-11-21(25)32)24(34-27)17-8-3-2-4-9-17/h2-5,8-13,15-16,27H,6-7,14H2,1H3,(H,35,40)(H,36,39)/t16-,27-/m1/s1. The number of anilines is 1. The Bertz CT molecular complexity index is 1700. The van der Waals surface area contributed by atoms with Crippen molar-refractivity contribution in [1.82, 2.24) is 15.1 Å². The third-order valence-electron chi connectivity index (χ3n) is 6.95. The van der Waals surface area contributed by atoms with Crippen molar-refractivity contribution in [3.63, 3.8) is 0 Å². The second-order valence-electron chi connectivity index (χ2n) is 9.82. The van der Waals surface area contributed by atoms with Gasteiger partial charge in [-0.15, -0.1) is 0 Å². The summed E-state index contributed by atoms with van der Waals surface area (Å²) >= 11 is 0. The fourth-order valence-corrected chi connectivity index (χ4v) is 4.99. The number of aromatic nitrogens is 2. The minimum atomic E-state index is -1.49. The molecule has 0 aliphatic carbocycles.